The number of hydrogen-bond acceptors (Lipinski definition) is 2. The molecule has 0 unspecified atom stereocenters. The Balaban J connectivity index is 3.33. The second-order valence-corrected chi connectivity index (χ2v) is 2.94. The third-order valence-corrected chi connectivity index (χ3v) is 2.01. The molecule has 1 atom stereocenters. The zero-order valence-corrected chi connectivity index (χ0v) is 7.52. The van der Waals surface area contributed by atoms with Crippen LogP contribution in [0.3, 0.4) is 0 Å². The first kappa shape index (κ1) is 10.8. The summed E-state index contributed by atoms with van der Waals surface area (Å²) in [5.41, 5.74) is 5.35. The van der Waals surface area contributed by atoms with E-state index >= 15 is 0 Å². The molecule has 0 spiro atoms. The van der Waals surface area contributed by atoms with Gasteiger partial charge in [-0.05, 0) is 12.5 Å². The first-order chi connectivity index (χ1) is 6.49. The fourth-order valence-electron chi connectivity index (χ4n) is 1.11. The first-order valence-corrected chi connectivity index (χ1v) is 4.11. The van der Waals surface area contributed by atoms with Gasteiger partial charge in [0.25, 0.3) is 0 Å². The summed E-state index contributed by atoms with van der Waals surface area (Å²) in [6, 6.07) is 0.00153. The smallest absolute Gasteiger partial charge is 0.203 e. The van der Waals surface area contributed by atoms with Crippen LogP contribution in [0.5, 0.6) is 5.75 Å². The van der Waals surface area contributed by atoms with E-state index in [-0.39, 0.29) is 5.56 Å². The van der Waals surface area contributed by atoms with Crippen LogP contribution in [-0.4, -0.2) is 5.11 Å². The van der Waals surface area contributed by atoms with E-state index < -0.39 is 29.2 Å². The highest BCUT2D eigenvalue weighted by Crippen LogP contribution is 2.30. The first-order valence-electron chi connectivity index (χ1n) is 4.11. The lowest BCUT2D eigenvalue weighted by Crippen LogP contribution is -2.10. The molecule has 0 saturated heterocycles. The van der Waals surface area contributed by atoms with Crippen LogP contribution in [0, 0.1) is 17.5 Å². The Morgan fingerprint density at radius 2 is 1.93 bits per heavy atom. The predicted molar refractivity (Wildman–Crippen MR) is 45.2 cm³/mol. The molecule has 1 aromatic carbocycles. The van der Waals surface area contributed by atoms with Gasteiger partial charge in [0.05, 0.1) is 0 Å². The number of phenolic OH excluding ortho intramolecular Hbond substituents is 1. The molecule has 2 nitrogen and oxygen atoms in total. The maximum atomic E-state index is 12.8. The second-order valence-electron chi connectivity index (χ2n) is 2.94. The molecule has 0 fully saturated rings. The van der Waals surface area contributed by atoms with Crippen LogP contribution in [0.2, 0.25) is 0 Å². The molecule has 0 aliphatic heterocycles. The molecule has 0 radical (unpaired) electrons. The minimum Gasteiger partial charge on any atom is -0.505 e. The van der Waals surface area contributed by atoms with Gasteiger partial charge in [-0.25, -0.2) is 8.78 Å². The van der Waals surface area contributed by atoms with E-state index in [9.17, 15) is 13.2 Å². The van der Waals surface area contributed by atoms with Crippen LogP contribution in [0.15, 0.2) is 6.07 Å². The summed E-state index contributed by atoms with van der Waals surface area (Å²) in [6.07, 6.45) is 0.387. The van der Waals surface area contributed by atoms with Crippen molar-refractivity contribution in [2.45, 2.75) is 19.4 Å². The molecule has 78 valence electrons. The fourth-order valence-corrected chi connectivity index (χ4v) is 1.11. The number of rotatable bonds is 2. The van der Waals surface area contributed by atoms with E-state index in [1.54, 1.807) is 6.92 Å². The van der Waals surface area contributed by atoms with Gasteiger partial charge in [0.15, 0.2) is 17.4 Å². The number of phenols is 1. The Bertz CT molecular complexity index is 354. The molecule has 0 saturated carbocycles. The van der Waals surface area contributed by atoms with E-state index in [1.807, 2.05) is 0 Å². The van der Waals surface area contributed by atoms with Gasteiger partial charge in [-0.2, -0.15) is 4.39 Å². The Labute approximate surface area is 79.2 Å². The lowest BCUT2D eigenvalue weighted by atomic mass is 10.0. The SMILES string of the molecule is CC[C@@H](N)c1cc(F)c(F)c(F)c1O. The molecule has 0 aromatic heterocycles. The maximum absolute atomic E-state index is 12.8. The molecule has 1 rings (SSSR count). The van der Waals surface area contributed by atoms with E-state index in [1.165, 1.54) is 0 Å². The van der Waals surface area contributed by atoms with Crippen LogP contribution in [-0.2, 0) is 0 Å². The van der Waals surface area contributed by atoms with Crippen molar-refractivity contribution < 1.29 is 18.3 Å². The van der Waals surface area contributed by atoms with E-state index in [0.717, 1.165) is 0 Å². The van der Waals surface area contributed by atoms with Crippen molar-refractivity contribution in [3.05, 3.63) is 29.1 Å². The highest BCUT2D eigenvalue weighted by atomic mass is 19.2. The minimum atomic E-state index is -1.69. The Morgan fingerprint density at radius 3 is 2.43 bits per heavy atom. The fraction of sp³-hybridized carbons (Fsp3) is 0.333. The molecule has 1 aromatic rings. The number of benzene rings is 1. The minimum absolute atomic E-state index is 0.121. The van der Waals surface area contributed by atoms with Gasteiger partial charge < -0.3 is 10.8 Å². The van der Waals surface area contributed by atoms with Crippen LogP contribution in [0.25, 0.3) is 0 Å². The van der Waals surface area contributed by atoms with E-state index in [2.05, 4.69) is 0 Å². The zero-order chi connectivity index (χ0) is 10.9. The lowest BCUT2D eigenvalue weighted by molar-refractivity contribution is 0.377. The molecule has 3 N–H and O–H groups in total. The highest BCUT2D eigenvalue weighted by Gasteiger charge is 2.20. The lowest BCUT2D eigenvalue weighted by Gasteiger charge is -2.12. The van der Waals surface area contributed by atoms with Crippen molar-refractivity contribution >= 4 is 0 Å². The highest BCUT2D eigenvalue weighted by molar-refractivity contribution is 5.37. The third kappa shape index (κ3) is 1.68. The van der Waals surface area contributed by atoms with Gasteiger partial charge in [0, 0.05) is 11.6 Å². The van der Waals surface area contributed by atoms with Crippen molar-refractivity contribution in [2.24, 2.45) is 5.73 Å². The van der Waals surface area contributed by atoms with E-state index in [4.69, 9.17) is 10.8 Å². The van der Waals surface area contributed by atoms with Crippen molar-refractivity contribution in [1.82, 2.24) is 0 Å². The summed E-state index contributed by atoms with van der Waals surface area (Å²) in [5, 5.41) is 9.14. The summed E-state index contributed by atoms with van der Waals surface area (Å²) in [6.45, 7) is 1.68. The summed E-state index contributed by atoms with van der Waals surface area (Å²) >= 11 is 0. The van der Waals surface area contributed by atoms with Crippen LogP contribution < -0.4 is 5.73 Å². The van der Waals surface area contributed by atoms with Crippen molar-refractivity contribution in [3.63, 3.8) is 0 Å². The average molecular weight is 205 g/mol. The topological polar surface area (TPSA) is 46.2 Å². The number of halogens is 3. The molecule has 0 heterocycles. The Morgan fingerprint density at radius 1 is 1.36 bits per heavy atom. The van der Waals surface area contributed by atoms with Gasteiger partial charge in [-0.1, -0.05) is 6.92 Å². The molecular weight excluding hydrogens is 195 g/mol. The molecule has 14 heavy (non-hydrogen) atoms. The quantitative estimate of drug-likeness (QED) is 0.727. The van der Waals surface area contributed by atoms with Crippen LogP contribution >= 0.6 is 0 Å². The standard InChI is InChI=1S/C9H10F3NO/c1-2-6(13)4-3-5(10)7(11)8(12)9(4)14/h3,6,14H,2,13H2,1H3/t6-/m1/s1. The Kier molecular flexibility index (Phi) is 3.00. The molecule has 0 aliphatic carbocycles. The monoisotopic (exact) mass is 205 g/mol. The largest absolute Gasteiger partial charge is 0.505 e. The molecule has 0 bridgehead atoms. The van der Waals surface area contributed by atoms with Gasteiger partial charge in [0.2, 0.25) is 5.82 Å². The zero-order valence-electron chi connectivity index (χ0n) is 7.52. The van der Waals surface area contributed by atoms with Crippen molar-refractivity contribution in [1.29, 1.82) is 0 Å². The predicted octanol–water partition coefficient (Wildman–Crippen LogP) is 2.22. The number of hydrogen-bond donors (Lipinski definition) is 2. The molecule has 0 amide bonds. The number of aromatic hydroxyl groups is 1. The van der Waals surface area contributed by atoms with Gasteiger partial charge in [-0.15, -0.1) is 0 Å². The summed E-state index contributed by atoms with van der Waals surface area (Å²) in [4.78, 5) is 0. The molecule has 5 heteroatoms. The van der Waals surface area contributed by atoms with Crippen molar-refractivity contribution in [2.75, 3.05) is 0 Å². The number of nitrogens with two attached hydrogens (primary N) is 1. The third-order valence-electron chi connectivity index (χ3n) is 2.01. The molecule has 0 aliphatic rings. The van der Waals surface area contributed by atoms with E-state index in [0.29, 0.717) is 12.5 Å². The van der Waals surface area contributed by atoms with Crippen LogP contribution in [0.1, 0.15) is 24.9 Å². The normalized spacial score (nSPS) is 12.9. The van der Waals surface area contributed by atoms with Gasteiger partial charge >= 0.3 is 0 Å². The summed E-state index contributed by atoms with van der Waals surface area (Å²) in [7, 11) is 0. The van der Waals surface area contributed by atoms with Gasteiger partial charge in [0.1, 0.15) is 0 Å². The summed E-state index contributed by atoms with van der Waals surface area (Å²) < 4.78 is 38.2. The second kappa shape index (κ2) is 3.88. The van der Waals surface area contributed by atoms with Crippen molar-refractivity contribution in [3.8, 4) is 5.75 Å². The molecular formula is C9H10F3NO. The average Bonchev–Trinajstić information content (AvgIpc) is 2.19. The Hall–Kier alpha value is -1.23. The van der Waals surface area contributed by atoms with Gasteiger partial charge in [-0.3, -0.25) is 0 Å². The summed E-state index contributed by atoms with van der Waals surface area (Å²) in [5.74, 6) is -5.55. The van der Waals surface area contributed by atoms with Crippen LogP contribution in [0.4, 0.5) is 13.2 Å². The maximum Gasteiger partial charge on any atom is 0.203 e.